The van der Waals surface area contributed by atoms with Crippen molar-refractivity contribution in [3.63, 3.8) is 0 Å². The van der Waals surface area contributed by atoms with Gasteiger partial charge in [0.1, 0.15) is 23.1 Å². The fourth-order valence-electron chi connectivity index (χ4n) is 6.00. The minimum Gasteiger partial charge on any atom is -0.393 e. The molecule has 2 atom stereocenters. The Hall–Kier alpha value is -1.40. The van der Waals surface area contributed by atoms with E-state index in [9.17, 15) is 29.4 Å². The highest BCUT2D eigenvalue weighted by atomic mass is 16.3. The van der Waals surface area contributed by atoms with Gasteiger partial charge in [0.25, 0.3) is 0 Å². The Labute approximate surface area is 166 Å². The van der Waals surface area contributed by atoms with Crippen LogP contribution in [0.2, 0.25) is 0 Å². The van der Waals surface area contributed by atoms with Crippen molar-refractivity contribution >= 4 is 23.1 Å². The highest BCUT2D eigenvalue weighted by Crippen LogP contribution is 2.55. The Morgan fingerprint density at radius 3 is 1.39 bits per heavy atom. The summed E-state index contributed by atoms with van der Waals surface area (Å²) < 4.78 is 0. The summed E-state index contributed by atoms with van der Waals surface area (Å²) in [7, 11) is 0. The van der Waals surface area contributed by atoms with Crippen molar-refractivity contribution in [2.24, 2.45) is 28.1 Å². The summed E-state index contributed by atoms with van der Waals surface area (Å²) in [4.78, 5) is 52.5. The second kappa shape index (κ2) is 6.84. The molecule has 0 aliphatic heterocycles. The molecule has 2 N–H and O–H groups in total. The Balaban J connectivity index is 2.10. The Morgan fingerprint density at radius 2 is 1.07 bits per heavy atom. The maximum atomic E-state index is 13.1. The van der Waals surface area contributed by atoms with Crippen LogP contribution in [0.25, 0.3) is 0 Å². The zero-order valence-electron chi connectivity index (χ0n) is 17.3. The van der Waals surface area contributed by atoms with E-state index in [2.05, 4.69) is 0 Å². The van der Waals surface area contributed by atoms with Crippen molar-refractivity contribution in [2.75, 3.05) is 0 Å². The number of rotatable bonds is 2. The van der Waals surface area contributed by atoms with Crippen molar-refractivity contribution < 1.29 is 29.4 Å². The molecule has 2 unspecified atom stereocenters. The smallest absolute Gasteiger partial charge is 0.144 e. The summed E-state index contributed by atoms with van der Waals surface area (Å²) >= 11 is 0. The number of Topliss-reactive ketones (excluding diaryl/α,β-unsaturated/α-hetero) is 4. The first-order valence-corrected chi connectivity index (χ1v) is 10.3. The molecule has 0 spiro atoms. The van der Waals surface area contributed by atoms with Crippen LogP contribution in [0.5, 0.6) is 0 Å². The standard InChI is InChI=1S/C22H32O6/c1-20(2)8-13(24)18(14(25)9-20)22(6-5-12(23)7-17(22)28)19-15(26)10-21(3,4)11-16(19)27/h12,17-19,23,28H,5-11H2,1-4H3. The van der Waals surface area contributed by atoms with Gasteiger partial charge in [-0.05, 0) is 30.1 Å². The molecule has 0 aromatic carbocycles. The van der Waals surface area contributed by atoms with Crippen molar-refractivity contribution in [2.45, 2.75) is 84.8 Å². The summed E-state index contributed by atoms with van der Waals surface area (Å²) in [5.74, 6) is -3.46. The van der Waals surface area contributed by atoms with E-state index in [-0.39, 0.29) is 68.1 Å². The monoisotopic (exact) mass is 392 g/mol. The van der Waals surface area contributed by atoms with E-state index in [4.69, 9.17) is 0 Å². The summed E-state index contributed by atoms with van der Waals surface area (Å²) in [6.45, 7) is 7.41. The first-order valence-electron chi connectivity index (χ1n) is 10.3. The lowest BCUT2D eigenvalue weighted by molar-refractivity contribution is -0.175. The molecule has 28 heavy (non-hydrogen) atoms. The zero-order valence-corrected chi connectivity index (χ0v) is 17.3. The number of hydrogen-bond donors (Lipinski definition) is 2. The van der Waals surface area contributed by atoms with Crippen LogP contribution in [0.3, 0.4) is 0 Å². The fraction of sp³-hybridized carbons (Fsp3) is 0.818. The summed E-state index contributed by atoms with van der Waals surface area (Å²) in [5.41, 5.74) is -2.35. The SMILES string of the molecule is CC1(C)CC(=O)C(C2(C3C(=O)CC(C)(C)CC3=O)CCC(O)CC2O)C(=O)C1. The van der Waals surface area contributed by atoms with Crippen molar-refractivity contribution in [3.05, 3.63) is 0 Å². The Morgan fingerprint density at radius 1 is 0.714 bits per heavy atom. The number of aliphatic hydroxyl groups is 2. The molecular formula is C22H32O6. The Kier molecular flexibility index (Phi) is 5.20. The molecule has 6 heteroatoms. The third kappa shape index (κ3) is 3.50. The number of carbonyl (C=O) groups excluding carboxylic acids is 4. The van der Waals surface area contributed by atoms with Crippen LogP contribution in [0.1, 0.15) is 72.6 Å². The average Bonchev–Trinajstić information content (AvgIpc) is 2.46. The highest BCUT2D eigenvalue weighted by Gasteiger charge is 2.64. The van der Waals surface area contributed by atoms with Crippen LogP contribution in [-0.4, -0.2) is 45.6 Å². The van der Waals surface area contributed by atoms with Gasteiger partial charge in [-0.25, -0.2) is 0 Å². The van der Waals surface area contributed by atoms with E-state index in [0.29, 0.717) is 0 Å². The molecule has 3 saturated carbocycles. The topological polar surface area (TPSA) is 109 Å². The molecule has 0 saturated heterocycles. The van der Waals surface area contributed by atoms with Gasteiger partial charge in [-0.1, -0.05) is 27.7 Å². The van der Waals surface area contributed by atoms with Gasteiger partial charge in [-0.15, -0.1) is 0 Å². The molecule has 6 nitrogen and oxygen atoms in total. The van der Waals surface area contributed by atoms with Gasteiger partial charge in [0.05, 0.1) is 24.0 Å². The normalized spacial score (nSPS) is 33.9. The third-order valence-electron chi connectivity index (χ3n) is 7.00. The predicted molar refractivity (Wildman–Crippen MR) is 101 cm³/mol. The lowest BCUT2D eigenvalue weighted by Gasteiger charge is -2.53. The zero-order chi connectivity index (χ0) is 21.1. The summed E-state index contributed by atoms with van der Waals surface area (Å²) in [6.07, 6.45) is -0.920. The van der Waals surface area contributed by atoms with Gasteiger partial charge < -0.3 is 10.2 Å². The van der Waals surface area contributed by atoms with Crippen LogP contribution in [0.15, 0.2) is 0 Å². The van der Waals surface area contributed by atoms with Gasteiger partial charge in [-0.3, -0.25) is 19.2 Å². The number of ketones is 4. The van der Waals surface area contributed by atoms with E-state index in [1.807, 2.05) is 27.7 Å². The molecule has 3 aliphatic carbocycles. The minimum atomic E-state index is -1.42. The van der Waals surface area contributed by atoms with E-state index >= 15 is 0 Å². The quantitative estimate of drug-likeness (QED) is 0.696. The van der Waals surface area contributed by atoms with Gasteiger partial charge in [0.15, 0.2) is 0 Å². The molecule has 0 aromatic rings. The van der Waals surface area contributed by atoms with E-state index in [1.165, 1.54) is 0 Å². The van der Waals surface area contributed by atoms with Crippen LogP contribution in [-0.2, 0) is 19.2 Å². The molecular weight excluding hydrogens is 360 g/mol. The molecule has 0 radical (unpaired) electrons. The molecule has 0 heterocycles. The van der Waals surface area contributed by atoms with Gasteiger partial charge in [0.2, 0.25) is 0 Å². The van der Waals surface area contributed by atoms with Crippen molar-refractivity contribution in [3.8, 4) is 0 Å². The van der Waals surface area contributed by atoms with Crippen molar-refractivity contribution in [1.82, 2.24) is 0 Å². The van der Waals surface area contributed by atoms with E-state index in [1.54, 1.807) is 0 Å². The molecule has 0 amide bonds. The third-order valence-corrected chi connectivity index (χ3v) is 7.00. The number of hydrogen-bond acceptors (Lipinski definition) is 6. The lowest BCUT2D eigenvalue weighted by Crippen LogP contribution is -2.63. The van der Waals surface area contributed by atoms with Crippen LogP contribution < -0.4 is 0 Å². The van der Waals surface area contributed by atoms with E-state index in [0.717, 1.165) is 0 Å². The number of carbonyl (C=O) groups is 4. The fourth-order valence-corrected chi connectivity index (χ4v) is 6.00. The van der Waals surface area contributed by atoms with E-state index < -0.39 is 40.3 Å². The number of aliphatic hydroxyl groups excluding tert-OH is 2. The average molecular weight is 392 g/mol. The summed E-state index contributed by atoms with van der Waals surface area (Å²) in [6, 6.07) is 0. The first-order chi connectivity index (χ1) is 12.8. The van der Waals surface area contributed by atoms with Crippen molar-refractivity contribution in [1.29, 1.82) is 0 Å². The lowest BCUT2D eigenvalue weighted by atomic mass is 9.48. The van der Waals surface area contributed by atoms with Gasteiger partial charge >= 0.3 is 0 Å². The molecule has 3 aliphatic rings. The molecule has 3 fully saturated rings. The largest absolute Gasteiger partial charge is 0.393 e. The van der Waals surface area contributed by atoms with Crippen LogP contribution >= 0.6 is 0 Å². The first kappa shape index (κ1) is 21.3. The molecule has 0 aromatic heterocycles. The summed E-state index contributed by atoms with van der Waals surface area (Å²) in [5, 5.41) is 21.1. The minimum absolute atomic E-state index is 0.0269. The van der Waals surface area contributed by atoms with Crippen LogP contribution in [0.4, 0.5) is 0 Å². The maximum Gasteiger partial charge on any atom is 0.144 e. The van der Waals surface area contributed by atoms with Gasteiger partial charge in [-0.2, -0.15) is 0 Å². The predicted octanol–water partition coefficient (Wildman–Crippen LogP) is 2.03. The maximum absolute atomic E-state index is 13.1. The highest BCUT2D eigenvalue weighted by molar-refractivity contribution is 6.11. The second-order valence-electron chi connectivity index (χ2n) is 10.8. The molecule has 3 rings (SSSR count). The van der Waals surface area contributed by atoms with Gasteiger partial charge in [0, 0.05) is 31.1 Å². The Bertz CT molecular complexity index is 631. The molecule has 156 valence electrons. The second-order valence-corrected chi connectivity index (χ2v) is 10.8. The van der Waals surface area contributed by atoms with Crippen LogP contribution in [0, 0.1) is 28.1 Å². The molecule has 0 bridgehead atoms.